The first-order chi connectivity index (χ1) is 8.68. The number of ketones is 2. The highest BCUT2D eigenvalue weighted by Gasteiger charge is 2.42. The van der Waals surface area contributed by atoms with Crippen molar-refractivity contribution in [2.24, 2.45) is 0 Å². The van der Waals surface area contributed by atoms with E-state index in [0.717, 1.165) is 11.1 Å². The number of rotatable bonds is 0. The van der Waals surface area contributed by atoms with Gasteiger partial charge in [0, 0.05) is 33.7 Å². The molecular weight excluding hydrogens is 248 g/mol. The van der Waals surface area contributed by atoms with E-state index in [-0.39, 0.29) is 11.6 Å². The van der Waals surface area contributed by atoms with Crippen LogP contribution in [0.15, 0.2) is 57.7 Å². The highest BCUT2D eigenvalue weighted by Crippen LogP contribution is 2.49. The van der Waals surface area contributed by atoms with Gasteiger partial charge in [-0.1, -0.05) is 35.9 Å². The van der Waals surface area contributed by atoms with Crippen LogP contribution < -0.4 is 0 Å². The minimum Gasteiger partial charge on any atom is -0.289 e. The van der Waals surface area contributed by atoms with Gasteiger partial charge in [0.1, 0.15) is 0 Å². The van der Waals surface area contributed by atoms with Gasteiger partial charge >= 0.3 is 0 Å². The van der Waals surface area contributed by atoms with Gasteiger partial charge in [-0.3, -0.25) is 9.59 Å². The van der Waals surface area contributed by atoms with Crippen molar-refractivity contribution in [3.05, 3.63) is 68.8 Å². The predicted molar refractivity (Wildman–Crippen MR) is 67.7 cm³/mol. The standard InChI is InChI=1S/C15H7ClO2/c16-11-6-7-5-10(11)13-12(7)14(17)8-3-1-2-4-9(8)15(13)18/h1-4,6H,5H2. The fourth-order valence-electron chi connectivity index (χ4n) is 2.90. The van der Waals surface area contributed by atoms with Crippen LogP contribution in [0.2, 0.25) is 0 Å². The molecule has 0 saturated heterocycles. The Morgan fingerprint density at radius 1 is 0.944 bits per heavy atom. The molecule has 1 aromatic rings. The smallest absolute Gasteiger partial charge is 0.194 e. The van der Waals surface area contributed by atoms with Gasteiger partial charge in [0.25, 0.3) is 0 Å². The Bertz CT molecular complexity index is 748. The normalized spacial score (nSPS) is 20.4. The molecule has 0 radical (unpaired) electrons. The average molecular weight is 255 g/mol. The molecule has 0 aromatic heterocycles. The maximum atomic E-state index is 12.4. The highest BCUT2D eigenvalue weighted by molar-refractivity contribution is 6.37. The molecule has 0 heterocycles. The van der Waals surface area contributed by atoms with Crippen LogP contribution in [0.3, 0.4) is 0 Å². The molecule has 0 saturated carbocycles. The minimum atomic E-state index is -0.0727. The zero-order valence-electron chi connectivity index (χ0n) is 9.29. The Morgan fingerprint density at radius 2 is 1.56 bits per heavy atom. The van der Waals surface area contributed by atoms with Gasteiger partial charge in [-0.05, 0) is 17.2 Å². The van der Waals surface area contributed by atoms with Crippen molar-refractivity contribution in [1.29, 1.82) is 0 Å². The molecule has 86 valence electrons. The third-order valence-electron chi connectivity index (χ3n) is 3.70. The zero-order chi connectivity index (χ0) is 12.4. The van der Waals surface area contributed by atoms with Crippen molar-refractivity contribution in [3.8, 4) is 0 Å². The van der Waals surface area contributed by atoms with Crippen molar-refractivity contribution < 1.29 is 9.59 Å². The Kier molecular flexibility index (Phi) is 1.72. The summed E-state index contributed by atoms with van der Waals surface area (Å²) in [6.45, 7) is 0. The first kappa shape index (κ1) is 10.0. The van der Waals surface area contributed by atoms with Crippen molar-refractivity contribution in [3.63, 3.8) is 0 Å². The van der Waals surface area contributed by atoms with Crippen LogP contribution in [0.1, 0.15) is 27.1 Å². The summed E-state index contributed by atoms with van der Waals surface area (Å²) in [6.07, 6.45) is 2.42. The molecule has 0 spiro atoms. The summed E-state index contributed by atoms with van der Waals surface area (Å²) in [7, 11) is 0. The van der Waals surface area contributed by atoms with Crippen LogP contribution in [-0.2, 0) is 0 Å². The monoisotopic (exact) mass is 254 g/mol. The van der Waals surface area contributed by atoms with E-state index in [1.54, 1.807) is 30.3 Å². The van der Waals surface area contributed by atoms with E-state index >= 15 is 0 Å². The van der Waals surface area contributed by atoms with E-state index in [9.17, 15) is 9.59 Å². The van der Waals surface area contributed by atoms with Crippen LogP contribution in [0, 0.1) is 0 Å². The van der Waals surface area contributed by atoms with Crippen molar-refractivity contribution in [2.45, 2.75) is 6.42 Å². The first-order valence-electron chi connectivity index (χ1n) is 5.71. The third kappa shape index (κ3) is 0.998. The molecular formula is C15H7ClO2. The second-order valence-corrected chi connectivity index (χ2v) is 5.03. The molecule has 3 heteroatoms. The summed E-state index contributed by atoms with van der Waals surface area (Å²) < 4.78 is 0. The van der Waals surface area contributed by atoms with E-state index in [4.69, 9.17) is 11.6 Å². The Morgan fingerprint density at radius 3 is 2.22 bits per heavy atom. The zero-order valence-corrected chi connectivity index (χ0v) is 10.0. The number of halogens is 1. The molecule has 2 nitrogen and oxygen atoms in total. The van der Waals surface area contributed by atoms with E-state index in [2.05, 4.69) is 0 Å². The summed E-state index contributed by atoms with van der Waals surface area (Å²) in [5, 5.41) is 0.601. The quantitative estimate of drug-likeness (QED) is 0.712. The maximum absolute atomic E-state index is 12.4. The van der Waals surface area contributed by atoms with E-state index in [1.807, 2.05) is 0 Å². The SMILES string of the molecule is O=C1C2=C(C(=O)c3ccccc31)C1=C(Cl)C=C2C1. The van der Waals surface area contributed by atoms with Crippen LogP contribution in [0.5, 0.6) is 0 Å². The van der Waals surface area contributed by atoms with E-state index in [0.29, 0.717) is 33.7 Å². The lowest BCUT2D eigenvalue weighted by atomic mass is 9.82. The second-order valence-electron chi connectivity index (χ2n) is 4.63. The summed E-state index contributed by atoms with van der Waals surface area (Å²) in [5.41, 5.74) is 3.80. The summed E-state index contributed by atoms with van der Waals surface area (Å²) >= 11 is 6.07. The maximum Gasteiger partial charge on any atom is 0.194 e. The van der Waals surface area contributed by atoms with Crippen LogP contribution in [0.4, 0.5) is 0 Å². The lowest BCUT2D eigenvalue weighted by Crippen LogP contribution is -2.21. The Hall–Kier alpha value is -1.93. The Balaban J connectivity index is 2.06. The summed E-state index contributed by atoms with van der Waals surface area (Å²) in [6, 6.07) is 6.97. The molecule has 18 heavy (non-hydrogen) atoms. The molecule has 4 rings (SSSR count). The van der Waals surface area contributed by atoms with Crippen molar-refractivity contribution >= 4 is 23.2 Å². The molecule has 0 N–H and O–H groups in total. The Labute approximate surface area is 108 Å². The van der Waals surface area contributed by atoms with Gasteiger partial charge in [0.15, 0.2) is 11.6 Å². The van der Waals surface area contributed by atoms with Gasteiger partial charge < -0.3 is 0 Å². The largest absolute Gasteiger partial charge is 0.289 e. The predicted octanol–water partition coefficient (Wildman–Crippen LogP) is 3.20. The molecule has 1 aromatic carbocycles. The number of Topliss-reactive ketones (excluding diaryl/α,β-unsaturated/α-hetero) is 2. The molecule has 3 aliphatic carbocycles. The number of carbonyl (C=O) groups excluding carboxylic acids is 2. The van der Waals surface area contributed by atoms with Crippen molar-refractivity contribution in [2.75, 3.05) is 0 Å². The van der Waals surface area contributed by atoms with Crippen LogP contribution >= 0.6 is 11.6 Å². The summed E-state index contributed by atoms with van der Waals surface area (Å²) in [4.78, 5) is 24.9. The lowest BCUT2D eigenvalue weighted by Gasteiger charge is -2.18. The fraction of sp³-hybridized carbons (Fsp3) is 0.0667. The molecule has 3 aliphatic rings. The highest BCUT2D eigenvalue weighted by atomic mass is 35.5. The van der Waals surface area contributed by atoms with Gasteiger partial charge in [-0.2, -0.15) is 0 Å². The third-order valence-corrected chi connectivity index (χ3v) is 4.04. The number of benzene rings is 1. The molecule has 0 fully saturated rings. The first-order valence-corrected chi connectivity index (χ1v) is 6.09. The van der Waals surface area contributed by atoms with Crippen LogP contribution in [-0.4, -0.2) is 11.6 Å². The van der Waals surface area contributed by atoms with E-state index < -0.39 is 0 Å². The van der Waals surface area contributed by atoms with Crippen LogP contribution in [0.25, 0.3) is 0 Å². The molecule has 0 atom stereocenters. The molecule has 2 bridgehead atoms. The fourth-order valence-corrected chi connectivity index (χ4v) is 3.20. The number of hydrogen-bond acceptors (Lipinski definition) is 2. The van der Waals surface area contributed by atoms with E-state index in [1.165, 1.54) is 0 Å². The van der Waals surface area contributed by atoms with Crippen molar-refractivity contribution in [1.82, 2.24) is 0 Å². The second kappa shape index (κ2) is 3.09. The number of carbonyl (C=O) groups is 2. The average Bonchev–Trinajstić information content (AvgIpc) is 2.92. The van der Waals surface area contributed by atoms with Gasteiger partial charge in [0.2, 0.25) is 0 Å². The molecule has 0 unspecified atom stereocenters. The number of fused-ring (bicyclic) bond motifs is 5. The molecule has 0 aliphatic heterocycles. The van der Waals surface area contributed by atoms with Gasteiger partial charge in [-0.25, -0.2) is 0 Å². The van der Waals surface area contributed by atoms with Gasteiger partial charge in [0.05, 0.1) is 0 Å². The summed E-state index contributed by atoms with van der Waals surface area (Å²) in [5.74, 6) is -0.123. The number of hydrogen-bond donors (Lipinski definition) is 0. The number of allylic oxidation sites excluding steroid dienone is 6. The minimum absolute atomic E-state index is 0.0504. The topological polar surface area (TPSA) is 34.1 Å². The van der Waals surface area contributed by atoms with Gasteiger partial charge in [-0.15, -0.1) is 0 Å². The molecule has 0 amide bonds. The lowest BCUT2D eigenvalue weighted by molar-refractivity contribution is 0.0980.